The highest BCUT2D eigenvalue weighted by molar-refractivity contribution is 5.78. The first-order valence-electron chi connectivity index (χ1n) is 6.15. The number of carbonyl (C=O) groups is 1. The summed E-state index contributed by atoms with van der Waals surface area (Å²) < 4.78 is 13.1. The summed E-state index contributed by atoms with van der Waals surface area (Å²) in [6.07, 6.45) is 0.935. The molecular formula is C13H18FN3O. The van der Waals surface area contributed by atoms with E-state index in [4.69, 9.17) is 5.73 Å². The van der Waals surface area contributed by atoms with Crippen LogP contribution in [-0.2, 0) is 17.9 Å². The van der Waals surface area contributed by atoms with Gasteiger partial charge < -0.3 is 11.1 Å². The lowest BCUT2D eigenvalue weighted by atomic mass is 10.1. The van der Waals surface area contributed by atoms with E-state index in [2.05, 4.69) is 10.2 Å². The highest BCUT2D eigenvalue weighted by Crippen LogP contribution is 2.14. The molecule has 1 amide bonds. The standard InChI is InChI=1S/C13H18FN3O/c14-12-3-2-10(11(6-12)7-15)8-17-5-1-4-16-13(18)9-17/h2-3,6H,1,4-5,7-9,15H2,(H,16,18). The Morgan fingerprint density at radius 3 is 3.00 bits per heavy atom. The van der Waals surface area contributed by atoms with Crippen LogP contribution in [0, 0.1) is 5.82 Å². The van der Waals surface area contributed by atoms with E-state index in [9.17, 15) is 9.18 Å². The van der Waals surface area contributed by atoms with Crippen LogP contribution in [0.25, 0.3) is 0 Å². The lowest BCUT2D eigenvalue weighted by Crippen LogP contribution is -2.33. The van der Waals surface area contributed by atoms with Crippen molar-refractivity contribution in [2.75, 3.05) is 19.6 Å². The van der Waals surface area contributed by atoms with Crippen LogP contribution in [0.5, 0.6) is 0 Å². The van der Waals surface area contributed by atoms with Crippen molar-refractivity contribution < 1.29 is 9.18 Å². The number of nitrogens with one attached hydrogen (secondary N) is 1. The van der Waals surface area contributed by atoms with Gasteiger partial charge in [-0.25, -0.2) is 4.39 Å². The molecule has 1 aromatic rings. The van der Waals surface area contributed by atoms with Crippen molar-refractivity contribution in [2.24, 2.45) is 5.73 Å². The lowest BCUT2D eigenvalue weighted by molar-refractivity contribution is -0.121. The van der Waals surface area contributed by atoms with Gasteiger partial charge in [-0.2, -0.15) is 0 Å². The van der Waals surface area contributed by atoms with E-state index in [1.807, 2.05) is 0 Å². The van der Waals surface area contributed by atoms with Crippen molar-refractivity contribution in [2.45, 2.75) is 19.5 Å². The summed E-state index contributed by atoms with van der Waals surface area (Å²) in [5.41, 5.74) is 7.42. The molecule has 0 bridgehead atoms. The predicted octanol–water partition coefficient (Wildman–Crippen LogP) is 0.606. The monoisotopic (exact) mass is 251 g/mol. The SMILES string of the molecule is NCc1cc(F)ccc1CN1CCCNC(=O)C1. The first kappa shape index (κ1) is 13.0. The molecule has 0 spiro atoms. The molecule has 0 aliphatic carbocycles. The fraction of sp³-hybridized carbons (Fsp3) is 0.462. The van der Waals surface area contributed by atoms with Crippen molar-refractivity contribution in [3.05, 3.63) is 35.1 Å². The number of rotatable bonds is 3. The summed E-state index contributed by atoms with van der Waals surface area (Å²) in [7, 11) is 0. The van der Waals surface area contributed by atoms with E-state index in [1.54, 1.807) is 6.07 Å². The number of halogens is 1. The van der Waals surface area contributed by atoms with E-state index in [1.165, 1.54) is 12.1 Å². The second kappa shape index (κ2) is 5.93. The third-order valence-corrected chi connectivity index (χ3v) is 3.12. The maximum Gasteiger partial charge on any atom is 0.234 e. The van der Waals surface area contributed by atoms with Gasteiger partial charge in [0.25, 0.3) is 0 Å². The average molecular weight is 251 g/mol. The van der Waals surface area contributed by atoms with Gasteiger partial charge in [-0.1, -0.05) is 6.07 Å². The molecule has 0 atom stereocenters. The first-order valence-corrected chi connectivity index (χ1v) is 6.15. The summed E-state index contributed by atoms with van der Waals surface area (Å²) in [6, 6.07) is 4.65. The lowest BCUT2D eigenvalue weighted by Gasteiger charge is -2.20. The Bertz CT molecular complexity index is 436. The molecule has 0 aromatic heterocycles. The number of hydrogen-bond donors (Lipinski definition) is 2. The Kier molecular flexibility index (Phi) is 4.28. The third-order valence-electron chi connectivity index (χ3n) is 3.12. The number of benzene rings is 1. The molecule has 98 valence electrons. The van der Waals surface area contributed by atoms with Crippen LogP contribution >= 0.6 is 0 Å². The molecule has 1 fully saturated rings. The van der Waals surface area contributed by atoms with Gasteiger partial charge in [-0.05, 0) is 29.7 Å². The minimum atomic E-state index is -0.271. The maximum absolute atomic E-state index is 13.1. The Hall–Kier alpha value is -1.46. The zero-order valence-electron chi connectivity index (χ0n) is 10.3. The Morgan fingerprint density at radius 2 is 2.22 bits per heavy atom. The Balaban J connectivity index is 2.10. The summed E-state index contributed by atoms with van der Waals surface area (Å²) in [4.78, 5) is 13.5. The third kappa shape index (κ3) is 3.27. The highest BCUT2D eigenvalue weighted by atomic mass is 19.1. The molecule has 1 heterocycles. The summed E-state index contributed by atoms with van der Waals surface area (Å²) >= 11 is 0. The zero-order valence-corrected chi connectivity index (χ0v) is 10.3. The van der Waals surface area contributed by atoms with Crippen molar-refractivity contribution in [1.82, 2.24) is 10.2 Å². The van der Waals surface area contributed by atoms with Crippen molar-refractivity contribution in [3.8, 4) is 0 Å². The van der Waals surface area contributed by atoms with E-state index in [-0.39, 0.29) is 11.7 Å². The van der Waals surface area contributed by atoms with Crippen LogP contribution in [0.4, 0.5) is 4.39 Å². The number of hydrogen-bond acceptors (Lipinski definition) is 3. The molecule has 1 aromatic carbocycles. The van der Waals surface area contributed by atoms with Gasteiger partial charge in [0.15, 0.2) is 0 Å². The molecule has 1 saturated heterocycles. The summed E-state index contributed by atoms with van der Waals surface area (Å²) in [5.74, 6) is -0.225. The molecule has 1 aliphatic heterocycles. The van der Waals surface area contributed by atoms with E-state index < -0.39 is 0 Å². The topological polar surface area (TPSA) is 58.4 Å². The van der Waals surface area contributed by atoms with Crippen LogP contribution in [0.1, 0.15) is 17.5 Å². The van der Waals surface area contributed by atoms with E-state index >= 15 is 0 Å². The largest absolute Gasteiger partial charge is 0.355 e. The molecular weight excluding hydrogens is 233 g/mol. The van der Waals surface area contributed by atoms with E-state index in [0.29, 0.717) is 19.6 Å². The molecule has 1 aliphatic rings. The Morgan fingerprint density at radius 1 is 1.39 bits per heavy atom. The second-order valence-electron chi connectivity index (χ2n) is 4.53. The second-order valence-corrected chi connectivity index (χ2v) is 4.53. The minimum Gasteiger partial charge on any atom is -0.355 e. The van der Waals surface area contributed by atoms with Gasteiger partial charge in [-0.15, -0.1) is 0 Å². The van der Waals surface area contributed by atoms with Crippen LogP contribution in [0.15, 0.2) is 18.2 Å². The number of nitrogens with zero attached hydrogens (tertiary/aromatic N) is 1. The van der Waals surface area contributed by atoms with Gasteiger partial charge in [0, 0.05) is 26.2 Å². The molecule has 5 heteroatoms. The number of amides is 1. The van der Waals surface area contributed by atoms with Gasteiger partial charge in [0.1, 0.15) is 5.82 Å². The molecule has 3 N–H and O–H groups in total. The fourth-order valence-corrected chi connectivity index (χ4v) is 2.18. The summed E-state index contributed by atoms with van der Waals surface area (Å²) in [5, 5.41) is 2.83. The first-order chi connectivity index (χ1) is 8.69. The quantitative estimate of drug-likeness (QED) is 0.827. The molecule has 0 unspecified atom stereocenters. The van der Waals surface area contributed by atoms with Crippen LogP contribution in [0.2, 0.25) is 0 Å². The predicted molar refractivity (Wildman–Crippen MR) is 67.2 cm³/mol. The molecule has 2 rings (SSSR count). The molecule has 0 saturated carbocycles. The van der Waals surface area contributed by atoms with Gasteiger partial charge in [-0.3, -0.25) is 9.69 Å². The van der Waals surface area contributed by atoms with Crippen molar-refractivity contribution >= 4 is 5.91 Å². The van der Waals surface area contributed by atoms with Crippen molar-refractivity contribution in [1.29, 1.82) is 0 Å². The number of nitrogens with two attached hydrogens (primary N) is 1. The number of carbonyl (C=O) groups excluding carboxylic acids is 1. The molecule has 18 heavy (non-hydrogen) atoms. The zero-order chi connectivity index (χ0) is 13.0. The smallest absolute Gasteiger partial charge is 0.234 e. The van der Waals surface area contributed by atoms with Crippen LogP contribution in [0.3, 0.4) is 0 Å². The Labute approximate surface area is 106 Å². The average Bonchev–Trinajstić information content (AvgIpc) is 2.56. The fourth-order valence-electron chi connectivity index (χ4n) is 2.18. The van der Waals surface area contributed by atoms with Crippen molar-refractivity contribution in [3.63, 3.8) is 0 Å². The highest BCUT2D eigenvalue weighted by Gasteiger charge is 2.15. The summed E-state index contributed by atoms with van der Waals surface area (Å²) in [6.45, 7) is 2.93. The van der Waals surface area contributed by atoms with Crippen LogP contribution in [-0.4, -0.2) is 30.4 Å². The molecule has 0 radical (unpaired) electrons. The normalized spacial score (nSPS) is 17.3. The van der Waals surface area contributed by atoms with Gasteiger partial charge in [0.05, 0.1) is 6.54 Å². The maximum atomic E-state index is 13.1. The van der Waals surface area contributed by atoms with Gasteiger partial charge in [0.2, 0.25) is 5.91 Å². The van der Waals surface area contributed by atoms with Crippen LogP contribution < -0.4 is 11.1 Å². The molecule has 4 nitrogen and oxygen atoms in total. The van der Waals surface area contributed by atoms with Gasteiger partial charge >= 0.3 is 0 Å². The van der Waals surface area contributed by atoms with E-state index in [0.717, 1.165) is 30.6 Å². The minimum absolute atomic E-state index is 0.0453.